The van der Waals surface area contributed by atoms with Crippen molar-refractivity contribution >= 4 is 0 Å². The molecule has 76 valence electrons. The molecule has 1 aromatic rings. The van der Waals surface area contributed by atoms with Gasteiger partial charge in [0.15, 0.2) is 0 Å². The van der Waals surface area contributed by atoms with Crippen molar-refractivity contribution in [3.63, 3.8) is 0 Å². The molecular weight excluding hydrogens is 176 g/mol. The number of hydrogen-bond acceptors (Lipinski definition) is 3. The Labute approximate surface area is 84.8 Å². The molecule has 0 fully saturated rings. The third-order valence-corrected chi connectivity index (χ3v) is 1.76. The smallest absolute Gasteiger partial charge is 0.235 e. The van der Waals surface area contributed by atoms with Crippen molar-refractivity contribution in [2.24, 2.45) is 0 Å². The minimum atomic E-state index is 0.636. The Balaban J connectivity index is 2.31. The second-order valence-corrected chi connectivity index (χ2v) is 2.96. The summed E-state index contributed by atoms with van der Waals surface area (Å²) in [5.41, 5.74) is 0.840. The van der Waals surface area contributed by atoms with Crippen LogP contribution < -0.4 is 4.74 Å². The summed E-state index contributed by atoms with van der Waals surface area (Å²) in [6, 6.07) is 0. The van der Waals surface area contributed by atoms with E-state index in [2.05, 4.69) is 29.0 Å². The fraction of sp³-hybridized carbons (Fsp3) is 0.455. The van der Waals surface area contributed by atoms with Crippen LogP contribution in [0.2, 0.25) is 0 Å². The highest BCUT2D eigenvalue weighted by molar-refractivity contribution is 5.14. The Morgan fingerprint density at radius 3 is 2.79 bits per heavy atom. The van der Waals surface area contributed by atoms with Crippen molar-refractivity contribution in [2.45, 2.75) is 26.7 Å². The molecule has 14 heavy (non-hydrogen) atoms. The number of allylic oxidation sites excluding steroid dienone is 1. The largest absolute Gasteiger partial charge is 0.476 e. The Bertz CT molecular complexity index is 297. The van der Waals surface area contributed by atoms with E-state index in [1.165, 1.54) is 0 Å². The van der Waals surface area contributed by atoms with E-state index in [9.17, 15) is 0 Å². The van der Waals surface area contributed by atoms with Gasteiger partial charge in [0.05, 0.1) is 12.3 Å². The zero-order chi connectivity index (χ0) is 10.2. The van der Waals surface area contributed by atoms with E-state index >= 15 is 0 Å². The first-order valence-electron chi connectivity index (χ1n) is 4.90. The number of aryl methyl sites for hydroxylation is 1. The van der Waals surface area contributed by atoms with Crippen LogP contribution in [0, 0.1) is 6.92 Å². The van der Waals surface area contributed by atoms with Crippen molar-refractivity contribution < 1.29 is 4.74 Å². The average molecular weight is 192 g/mol. The highest BCUT2D eigenvalue weighted by Crippen LogP contribution is 2.09. The molecule has 0 aliphatic carbocycles. The predicted octanol–water partition coefficient (Wildman–Crippen LogP) is 2.52. The highest BCUT2D eigenvalue weighted by atomic mass is 16.5. The first-order valence-corrected chi connectivity index (χ1v) is 4.90. The van der Waals surface area contributed by atoms with E-state index in [1.807, 2.05) is 6.92 Å². The molecule has 0 saturated heterocycles. The second kappa shape index (κ2) is 6.13. The van der Waals surface area contributed by atoms with E-state index in [4.69, 9.17) is 4.74 Å². The van der Waals surface area contributed by atoms with E-state index in [-0.39, 0.29) is 0 Å². The van der Waals surface area contributed by atoms with Gasteiger partial charge in [-0.2, -0.15) is 0 Å². The summed E-state index contributed by atoms with van der Waals surface area (Å²) in [6.07, 6.45) is 9.55. The van der Waals surface area contributed by atoms with Crippen molar-refractivity contribution in [3.8, 4) is 5.88 Å². The summed E-state index contributed by atoms with van der Waals surface area (Å²) in [4.78, 5) is 8.18. The van der Waals surface area contributed by atoms with Gasteiger partial charge >= 0.3 is 0 Å². The number of rotatable bonds is 5. The second-order valence-electron chi connectivity index (χ2n) is 2.96. The van der Waals surface area contributed by atoms with Crippen LogP contribution in [-0.4, -0.2) is 16.6 Å². The predicted molar refractivity (Wildman–Crippen MR) is 56.3 cm³/mol. The van der Waals surface area contributed by atoms with Gasteiger partial charge in [-0.25, -0.2) is 4.98 Å². The summed E-state index contributed by atoms with van der Waals surface area (Å²) in [7, 11) is 0. The fourth-order valence-corrected chi connectivity index (χ4v) is 1.04. The molecule has 0 spiro atoms. The number of ether oxygens (including phenoxy) is 1. The van der Waals surface area contributed by atoms with Gasteiger partial charge in [-0.05, 0) is 19.8 Å². The molecule has 1 aromatic heterocycles. The van der Waals surface area contributed by atoms with Crippen LogP contribution in [-0.2, 0) is 0 Å². The molecule has 3 nitrogen and oxygen atoms in total. The van der Waals surface area contributed by atoms with Crippen LogP contribution in [0.3, 0.4) is 0 Å². The first kappa shape index (κ1) is 10.7. The minimum absolute atomic E-state index is 0.636. The maximum Gasteiger partial charge on any atom is 0.235 e. The number of nitrogens with zero attached hydrogens (tertiary/aromatic N) is 2. The van der Waals surface area contributed by atoms with E-state index < -0.39 is 0 Å². The standard InChI is InChI=1S/C11H16N2O/c1-3-4-5-6-9-14-11-10(2)12-7-8-13-11/h4-5,7-8H,3,6,9H2,1-2H3/b5-4-. The average Bonchev–Trinajstić information content (AvgIpc) is 2.20. The third kappa shape index (κ3) is 3.56. The summed E-state index contributed by atoms with van der Waals surface area (Å²) in [5, 5.41) is 0. The Morgan fingerprint density at radius 1 is 1.29 bits per heavy atom. The van der Waals surface area contributed by atoms with Crippen molar-refractivity contribution in [1.82, 2.24) is 9.97 Å². The Kier molecular flexibility index (Phi) is 4.69. The quantitative estimate of drug-likeness (QED) is 0.531. The molecule has 0 N–H and O–H groups in total. The summed E-state index contributed by atoms with van der Waals surface area (Å²) in [5.74, 6) is 0.636. The molecule has 0 amide bonds. The van der Waals surface area contributed by atoms with Crippen LogP contribution in [0.1, 0.15) is 25.5 Å². The molecule has 0 aromatic carbocycles. The van der Waals surface area contributed by atoms with Gasteiger partial charge in [-0.3, -0.25) is 4.98 Å². The molecule has 0 aliphatic rings. The summed E-state index contributed by atoms with van der Waals surface area (Å²) in [6.45, 7) is 4.67. The molecule has 1 rings (SSSR count). The number of aromatic nitrogens is 2. The lowest BCUT2D eigenvalue weighted by atomic mass is 10.3. The van der Waals surface area contributed by atoms with Crippen LogP contribution in [0.5, 0.6) is 5.88 Å². The van der Waals surface area contributed by atoms with Crippen LogP contribution in [0.15, 0.2) is 24.5 Å². The van der Waals surface area contributed by atoms with E-state index in [1.54, 1.807) is 12.4 Å². The summed E-state index contributed by atoms with van der Waals surface area (Å²) >= 11 is 0. The highest BCUT2D eigenvalue weighted by Gasteiger charge is 1.98. The Hall–Kier alpha value is -1.38. The summed E-state index contributed by atoms with van der Waals surface area (Å²) < 4.78 is 5.46. The molecular formula is C11H16N2O. The minimum Gasteiger partial charge on any atom is -0.476 e. The van der Waals surface area contributed by atoms with E-state index in [0.29, 0.717) is 12.5 Å². The van der Waals surface area contributed by atoms with Crippen LogP contribution in [0.25, 0.3) is 0 Å². The van der Waals surface area contributed by atoms with Crippen molar-refractivity contribution in [3.05, 3.63) is 30.2 Å². The van der Waals surface area contributed by atoms with Gasteiger partial charge in [0.1, 0.15) is 0 Å². The Morgan fingerprint density at radius 2 is 2.07 bits per heavy atom. The van der Waals surface area contributed by atoms with Gasteiger partial charge in [-0.1, -0.05) is 19.1 Å². The molecule has 3 heteroatoms. The zero-order valence-electron chi connectivity index (χ0n) is 8.73. The zero-order valence-corrected chi connectivity index (χ0v) is 8.73. The van der Waals surface area contributed by atoms with Crippen molar-refractivity contribution in [2.75, 3.05) is 6.61 Å². The van der Waals surface area contributed by atoms with Gasteiger partial charge < -0.3 is 4.74 Å². The molecule has 0 aliphatic heterocycles. The topological polar surface area (TPSA) is 35.0 Å². The SMILES string of the molecule is CC/C=C\CCOc1nccnc1C. The lowest BCUT2D eigenvalue weighted by molar-refractivity contribution is 0.308. The lowest BCUT2D eigenvalue weighted by Crippen LogP contribution is -2.00. The molecule has 1 heterocycles. The normalized spacial score (nSPS) is 10.7. The van der Waals surface area contributed by atoms with Gasteiger partial charge in [0, 0.05) is 12.4 Å². The fourth-order valence-electron chi connectivity index (χ4n) is 1.04. The number of hydrogen-bond donors (Lipinski definition) is 0. The third-order valence-electron chi connectivity index (χ3n) is 1.76. The van der Waals surface area contributed by atoms with Gasteiger partial charge in [0.2, 0.25) is 5.88 Å². The van der Waals surface area contributed by atoms with E-state index in [0.717, 1.165) is 18.5 Å². The van der Waals surface area contributed by atoms with Crippen molar-refractivity contribution in [1.29, 1.82) is 0 Å². The molecule has 0 bridgehead atoms. The van der Waals surface area contributed by atoms with Crippen LogP contribution in [0.4, 0.5) is 0 Å². The van der Waals surface area contributed by atoms with Gasteiger partial charge in [-0.15, -0.1) is 0 Å². The van der Waals surface area contributed by atoms with Gasteiger partial charge in [0.25, 0.3) is 0 Å². The monoisotopic (exact) mass is 192 g/mol. The molecule has 0 unspecified atom stereocenters. The molecule has 0 atom stereocenters. The maximum atomic E-state index is 5.46. The molecule has 0 saturated carbocycles. The first-order chi connectivity index (χ1) is 6.84. The van der Waals surface area contributed by atoms with Crippen LogP contribution >= 0.6 is 0 Å². The molecule has 0 radical (unpaired) electrons. The lowest BCUT2D eigenvalue weighted by Gasteiger charge is -2.04. The maximum absolute atomic E-state index is 5.46.